The molecule has 1 fully saturated rings. The number of hydrogen-bond donors (Lipinski definition) is 1. The Hall–Kier alpha value is -2.46. The SMILES string of the molecule is CCN1C(=O)N(C)N2C3=C(c4nccs4)N=CN(N)C3=NC12. The first-order valence-corrected chi connectivity index (χ1v) is 7.65. The lowest BCUT2D eigenvalue weighted by atomic mass is 10.2. The first kappa shape index (κ1) is 13.2. The molecule has 3 aliphatic rings. The molecule has 0 bridgehead atoms. The molecule has 10 heteroatoms. The Morgan fingerprint density at radius 2 is 2.27 bits per heavy atom. The third-order valence-corrected chi connectivity index (χ3v) is 4.56. The molecule has 2 N–H and O–H groups in total. The van der Waals surface area contributed by atoms with Crippen molar-refractivity contribution >= 4 is 35.2 Å². The number of nitrogens with zero attached hydrogens (tertiary/aromatic N) is 7. The number of hydrogen-bond acceptors (Lipinski definition) is 8. The van der Waals surface area contributed by atoms with Crippen LogP contribution in [-0.4, -0.2) is 63.0 Å². The molecule has 1 unspecified atom stereocenters. The molecular weight excluding hydrogens is 304 g/mol. The van der Waals surface area contributed by atoms with Gasteiger partial charge in [0, 0.05) is 25.2 Å². The summed E-state index contributed by atoms with van der Waals surface area (Å²) < 4.78 is 0. The standard InChI is InChI=1S/C12H14N8OS/c1-3-18-11-16-9-8(20(11)17(2)12(18)21)7(15-6-19(9)13)10-14-4-5-22-10/h4-6,11H,3,13H2,1-2H3. The van der Waals surface area contributed by atoms with Crippen LogP contribution in [0.4, 0.5) is 4.79 Å². The van der Waals surface area contributed by atoms with Gasteiger partial charge in [0.05, 0.1) is 0 Å². The molecule has 0 aromatic carbocycles. The van der Waals surface area contributed by atoms with Crippen molar-refractivity contribution in [3.05, 3.63) is 22.3 Å². The maximum atomic E-state index is 12.3. The van der Waals surface area contributed by atoms with Crippen LogP contribution in [0, 0.1) is 0 Å². The highest BCUT2D eigenvalue weighted by Crippen LogP contribution is 2.38. The average molecular weight is 318 g/mol. The molecule has 9 nitrogen and oxygen atoms in total. The molecule has 1 saturated heterocycles. The summed E-state index contributed by atoms with van der Waals surface area (Å²) in [5.74, 6) is 6.55. The maximum Gasteiger partial charge on any atom is 0.341 e. The number of thiazole rings is 1. The fourth-order valence-corrected chi connectivity index (χ4v) is 3.39. The van der Waals surface area contributed by atoms with Crippen LogP contribution in [0.15, 0.2) is 27.3 Å². The van der Waals surface area contributed by atoms with Gasteiger partial charge in [0.2, 0.25) is 6.29 Å². The number of rotatable bonds is 2. The topological polar surface area (TPSA) is 93.7 Å². The number of aromatic nitrogens is 1. The Labute approximate surface area is 130 Å². The molecule has 3 aliphatic heterocycles. The van der Waals surface area contributed by atoms with Crippen molar-refractivity contribution in [1.29, 1.82) is 0 Å². The lowest BCUT2D eigenvalue weighted by Gasteiger charge is -2.28. The molecule has 4 rings (SSSR count). The monoisotopic (exact) mass is 318 g/mol. The van der Waals surface area contributed by atoms with Gasteiger partial charge in [0.1, 0.15) is 22.7 Å². The van der Waals surface area contributed by atoms with Crippen LogP contribution < -0.4 is 5.84 Å². The van der Waals surface area contributed by atoms with Crippen molar-refractivity contribution in [2.45, 2.75) is 13.2 Å². The van der Waals surface area contributed by atoms with Gasteiger partial charge in [-0.15, -0.1) is 11.3 Å². The first-order valence-electron chi connectivity index (χ1n) is 6.77. The molecule has 1 aromatic heterocycles. The minimum Gasteiger partial charge on any atom is -0.282 e. The zero-order chi connectivity index (χ0) is 15.4. The molecule has 22 heavy (non-hydrogen) atoms. The quantitative estimate of drug-likeness (QED) is 0.793. The van der Waals surface area contributed by atoms with Gasteiger partial charge in [0.25, 0.3) is 0 Å². The van der Waals surface area contributed by atoms with E-state index in [1.54, 1.807) is 23.2 Å². The second-order valence-corrected chi connectivity index (χ2v) is 5.82. The Bertz CT molecular complexity index is 723. The predicted octanol–water partition coefficient (Wildman–Crippen LogP) is 0.329. The zero-order valence-electron chi connectivity index (χ0n) is 12.0. The van der Waals surface area contributed by atoms with Crippen LogP contribution in [0.3, 0.4) is 0 Å². The summed E-state index contributed by atoms with van der Waals surface area (Å²) in [6, 6.07) is -0.0978. The number of fused-ring (bicyclic) bond motifs is 3. The molecule has 2 amide bonds. The van der Waals surface area contributed by atoms with E-state index >= 15 is 0 Å². The predicted molar refractivity (Wildman–Crippen MR) is 82.2 cm³/mol. The minimum atomic E-state index is -0.421. The minimum absolute atomic E-state index is 0.0978. The number of amides is 2. The van der Waals surface area contributed by atoms with Gasteiger partial charge in [0.15, 0.2) is 5.84 Å². The Kier molecular flexibility index (Phi) is 2.71. The largest absolute Gasteiger partial charge is 0.341 e. The van der Waals surface area contributed by atoms with E-state index in [9.17, 15) is 4.79 Å². The van der Waals surface area contributed by atoms with Crippen LogP contribution in [0.1, 0.15) is 11.9 Å². The van der Waals surface area contributed by atoms with Crippen LogP contribution in [0.2, 0.25) is 0 Å². The summed E-state index contributed by atoms with van der Waals surface area (Å²) in [5.41, 5.74) is 1.38. The molecule has 1 atom stereocenters. The van der Waals surface area contributed by atoms with Gasteiger partial charge in [-0.25, -0.2) is 40.6 Å². The van der Waals surface area contributed by atoms with E-state index < -0.39 is 6.29 Å². The summed E-state index contributed by atoms with van der Waals surface area (Å²) in [6.45, 7) is 2.48. The summed E-state index contributed by atoms with van der Waals surface area (Å²) in [7, 11) is 1.72. The Balaban J connectivity index is 1.90. The third-order valence-electron chi connectivity index (χ3n) is 3.78. The van der Waals surface area contributed by atoms with Crippen molar-refractivity contribution in [2.75, 3.05) is 13.6 Å². The van der Waals surface area contributed by atoms with Gasteiger partial charge in [-0.1, -0.05) is 0 Å². The number of amidine groups is 1. The van der Waals surface area contributed by atoms with Crippen LogP contribution in [-0.2, 0) is 0 Å². The fourth-order valence-electron chi connectivity index (χ4n) is 2.76. The van der Waals surface area contributed by atoms with Gasteiger partial charge in [-0.2, -0.15) is 0 Å². The average Bonchev–Trinajstić information content (AvgIpc) is 3.19. The highest BCUT2D eigenvalue weighted by Gasteiger charge is 2.50. The molecular formula is C12H14N8OS. The molecule has 114 valence electrons. The van der Waals surface area contributed by atoms with Crippen molar-refractivity contribution < 1.29 is 4.79 Å². The van der Waals surface area contributed by atoms with E-state index in [1.165, 1.54) is 22.7 Å². The van der Waals surface area contributed by atoms with E-state index in [-0.39, 0.29) is 6.03 Å². The van der Waals surface area contributed by atoms with Crippen LogP contribution >= 0.6 is 11.3 Å². The van der Waals surface area contributed by atoms with Crippen LogP contribution in [0.25, 0.3) is 5.70 Å². The second kappa shape index (κ2) is 4.52. The smallest absolute Gasteiger partial charge is 0.282 e. The van der Waals surface area contributed by atoms with Gasteiger partial charge >= 0.3 is 6.03 Å². The zero-order valence-corrected chi connectivity index (χ0v) is 12.9. The fraction of sp³-hybridized carbons (Fsp3) is 0.333. The van der Waals surface area contributed by atoms with E-state index in [2.05, 4.69) is 15.0 Å². The van der Waals surface area contributed by atoms with E-state index in [4.69, 9.17) is 5.84 Å². The van der Waals surface area contributed by atoms with E-state index in [1.807, 2.05) is 17.3 Å². The van der Waals surface area contributed by atoms with Gasteiger partial charge in [-0.05, 0) is 6.92 Å². The lowest BCUT2D eigenvalue weighted by molar-refractivity contribution is 0.0875. The van der Waals surface area contributed by atoms with Crippen molar-refractivity contribution in [2.24, 2.45) is 15.8 Å². The molecule has 0 saturated carbocycles. The highest BCUT2D eigenvalue weighted by atomic mass is 32.1. The first-order chi connectivity index (χ1) is 10.6. The third kappa shape index (κ3) is 1.56. The van der Waals surface area contributed by atoms with E-state index in [0.29, 0.717) is 23.8 Å². The summed E-state index contributed by atoms with van der Waals surface area (Å²) in [4.78, 5) is 27.3. The molecule has 1 aromatic rings. The van der Waals surface area contributed by atoms with E-state index in [0.717, 1.165) is 5.01 Å². The summed E-state index contributed by atoms with van der Waals surface area (Å²) in [5, 5.41) is 7.38. The van der Waals surface area contributed by atoms with Gasteiger partial charge < -0.3 is 0 Å². The number of aliphatic imine (C=N–C) groups is 2. The maximum absolute atomic E-state index is 12.3. The van der Waals surface area contributed by atoms with Crippen molar-refractivity contribution in [3.63, 3.8) is 0 Å². The molecule has 0 spiro atoms. The summed E-state index contributed by atoms with van der Waals surface area (Å²) in [6.07, 6.45) is 2.81. The number of nitrogens with two attached hydrogens (primary N) is 1. The number of hydrazine groups is 2. The van der Waals surface area contributed by atoms with Crippen LogP contribution in [0.5, 0.6) is 0 Å². The lowest BCUT2D eigenvalue weighted by Crippen LogP contribution is -2.44. The Morgan fingerprint density at radius 1 is 1.45 bits per heavy atom. The van der Waals surface area contributed by atoms with Gasteiger partial charge in [-0.3, -0.25) is 4.90 Å². The number of urea groups is 1. The summed E-state index contributed by atoms with van der Waals surface area (Å²) >= 11 is 1.48. The Morgan fingerprint density at radius 3 is 2.95 bits per heavy atom. The second-order valence-electron chi connectivity index (χ2n) is 4.92. The normalized spacial score (nSPS) is 23.5. The van der Waals surface area contributed by atoms with Crippen molar-refractivity contribution in [3.8, 4) is 0 Å². The number of carbonyl (C=O) groups is 1. The highest BCUT2D eigenvalue weighted by molar-refractivity contribution is 7.10. The molecule has 4 heterocycles. The van der Waals surface area contributed by atoms with Crippen molar-refractivity contribution in [1.82, 2.24) is 24.9 Å². The molecule has 0 aliphatic carbocycles. The number of carbonyl (C=O) groups excluding carboxylic acids is 1. The molecule has 0 radical (unpaired) electrons.